The number of para-hydroxylation sites is 1. The van der Waals surface area contributed by atoms with Crippen LogP contribution >= 0.6 is 58.2 Å². The highest BCUT2D eigenvalue weighted by Gasteiger charge is 2.16. The number of hydrogen-bond acceptors (Lipinski definition) is 5. The molecule has 1 aromatic heterocycles. The zero-order chi connectivity index (χ0) is 22.4. The van der Waals surface area contributed by atoms with Crippen LogP contribution in [0.25, 0.3) is 0 Å². The fourth-order valence-corrected chi connectivity index (χ4v) is 4.03. The van der Waals surface area contributed by atoms with Crippen molar-refractivity contribution in [3.8, 4) is 5.75 Å². The normalized spacial score (nSPS) is 10.7. The third-order valence-electron chi connectivity index (χ3n) is 3.91. The molecule has 0 aliphatic carbocycles. The van der Waals surface area contributed by atoms with Gasteiger partial charge in [-0.1, -0.05) is 76.4 Å². The van der Waals surface area contributed by atoms with Crippen molar-refractivity contribution in [1.82, 2.24) is 14.8 Å². The molecule has 0 saturated heterocycles. The summed E-state index contributed by atoms with van der Waals surface area (Å²) in [5, 5.41) is 13.0. The molecule has 0 bridgehead atoms. The van der Waals surface area contributed by atoms with E-state index in [1.807, 2.05) is 16.7 Å². The fourth-order valence-electron chi connectivity index (χ4n) is 2.48. The first kappa shape index (κ1) is 23.8. The minimum atomic E-state index is -0.285. The van der Waals surface area contributed by atoms with Crippen LogP contribution in [-0.4, -0.2) is 26.4 Å². The molecule has 6 nitrogen and oxygen atoms in total. The maximum absolute atomic E-state index is 12.4. The zero-order valence-electron chi connectivity index (χ0n) is 15.9. The van der Waals surface area contributed by atoms with E-state index in [1.165, 1.54) is 23.9 Å². The molecule has 0 fully saturated rings. The zero-order valence-corrected chi connectivity index (χ0v) is 19.8. The number of halogens is 4. The maximum atomic E-state index is 12.4. The second-order valence-corrected chi connectivity index (χ2v) is 8.67. The predicted molar refractivity (Wildman–Crippen MR) is 127 cm³/mol. The number of nitrogens with one attached hydrogen (secondary N) is 1. The molecule has 3 aromatic rings. The molecule has 0 saturated carbocycles. The highest BCUT2D eigenvalue weighted by Crippen LogP contribution is 2.32. The monoisotopic (exact) mass is 516 g/mol. The van der Waals surface area contributed by atoms with Crippen LogP contribution in [0, 0.1) is 0 Å². The van der Waals surface area contributed by atoms with E-state index in [0.717, 1.165) is 0 Å². The molecule has 1 amide bonds. The molecular weight excluding hydrogens is 502 g/mol. The molecule has 1 N–H and O–H groups in total. The first-order valence-electron chi connectivity index (χ1n) is 8.86. The van der Waals surface area contributed by atoms with E-state index in [4.69, 9.17) is 51.1 Å². The van der Waals surface area contributed by atoms with Crippen molar-refractivity contribution in [1.29, 1.82) is 0 Å². The summed E-state index contributed by atoms with van der Waals surface area (Å²) in [5.41, 5.74) is 0.378. The van der Waals surface area contributed by atoms with Crippen LogP contribution in [0.5, 0.6) is 5.75 Å². The minimum Gasteiger partial charge on any atom is -0.484 e. The molecule has 1 heterocycles. The van der Waals surface area contributed by atoms with Gasteiger partial charge in [-0.2, -0.15) is 0 Å². The molecule has 3 rings (SSSR count). The van der Waals surface area contributed by atoms with Crippen molar-refractivity contribution in [2.75, 3.05) is 11.1 Å². The largest absolute Gasteiger partial charge is 0.484 e. The van der Waals surface area contributed by atoms with E-state index in [9.17, 15) is 4.79 Å². The summed E-state index contributed by atoms with van der Waals surface area (Å²) in [5.74, 6) is 0.920. The standard InChI is InChI=1S/C20H16Cl4N4O2S/c1-2-7-28-18(10-30-17-6-4-3-5-12(17)21)26-27-20(28)31-11-19(29)25-16-9-14(23)13(22)8-15(16)24/h2-6,8-9H,1,7,10-11H2,(H,25,29). The summed E-state index contributed by atoms with van der Waals surface area (Å²) >= 11 is 25.3. The van der Waals surface area contributed by atoms with Crippen LogP contribution in [0.4, 0.5) is 5.69 Å². The van der Waals surface area contributed by atoms with Gasteiger partial charge in [-0.05, 0) is 24.3 Å². The highest BCUT2D eigenvalue weighted by atomic mass is 35.5. The SMILES string of the molecule is C=CCn1c(COc2ccccc2Cl)nnc1SCC(=O)Nc1cc(Cl)c(Cl)cc1Cl. The molecule has 31 heavy (non-hydrogen) atoms. The number of aromatic nitrogens is 3. The van der Waals surface area contributed by atoms with Crippen LogP contribution in [0.2, 0.25) is 20.1 Å². The van der Waals surface area contributed by atoms with Crippen LogP contribution in [0.15, 0.2) is 54.2 Å². The van der Waals surface area contributed by atoms with Gasteiger partial charge < -0.3 is 10.1 Å². The van der Waals surface area contributed by atoms with E-state index in [-0.39, 0.29) is 18.3 Å². The first-order valence-corrected chi connectivity index (χ1v) is 11.4. The van der Waals surface area contributed by atoms with Crippen LogP contribution in [0.1, 0.15) is 5.82 Å². The Hall–Kier alpha value is -1.90. The lowest BCUT2D eigenvalue weighted by atomic mass is 10.3. The Balaban J connectivity index is 1.64. The molecule has 0 atom stereocenters. The summed E-state index contributed by atoms with van der Waals surface area (Å²) in [6.45, 7) is 4.38. The average Bonchev–Trinajstić information content (AvgIpc) is 3.12. The number of ether oxygens (including phenoxy) is 1. The van der Waals surface area contributed by atoms with Crippen molar-refractivity contribution in [3.05, 3.63) is 75.0 Å². The van der Waals surface area contributed by atoms with Crippen LogP contribution in [0.3, 0.4) is 0 Å². The van der Waals surface area contributed by atoms with Gasteiger partial charge in [0.25, 0.3) is 0 Å². The molecule has 2 aromatic carbocycles. The summed E-state index contributed by atoms with van der Waals surface area (Å²) in [6, 6.07) is 10.1. The number of anilines is 1. The number of carbonyl (C=O) groups excluding carboxylic acids is 1. The molecule has 0 aliphatic heterocycles. The Morgan fingerprint density at radius 1 is 1.10 bits per heavy atom. The molecule has 11 heteroatoms. The second-order valence-electron chi connectivity index (χ2n) is 6.10. The van der Waals surface area contributed by atoms with Crippen LogP contribution in [-0.2, 0) is 17.9 Å². The summed E-state index contributed by atoms with van der Waals surface area (Å²) < 4.78 is 7.56. The first-order chi connectivity index (χ1) is 14.9. The van der Waals surface area contributed by atoms with Crippen molar-refractivity contribution in [3.63, 3.8) is 0 Å². The van der Waals surface area contributed by atoms with E-state index in [0.29, 0.717) is 49.1 Å². The summed E-state index contributed by atoms with van der Waals surface area (Å²) in [4.78, 5) is 12.4. The van der Waals surface area contributed by atoms with Crippen molar-refractivity contribution >= 4 is 69.8 Å². The lowest BCUT2D eigenvalue weighted by Gasteiger charge is -2.10. The Bertz CT molecular complexity index is 1110. The van der Waals surface area contributed by atoms with E-state index in [1.54, 1.807) is 18.2 Å². The van der Waals surface area contributed by atoms with Gasteiger partial charge in [-0.25, -0.2) is 0 Å². The number of rotatable bonds is 9. The Morgan fingerprint density at radius 2 is 1.84 bits per heavy atom. The number of allylic oxidation sites excluding steroid dienone is 1. The predicted octanol–water partition coefficient (Wildman–Crippen LogP) is 6.39. The Labute approximate surface area is 203 Å². The second kappa shape index (κ2) is 11.1. The van der Waals surface area contributed by atoms with E-state index in [2.05, 4.69) is 22.1 Å². The van der Waals surface area contributed by atoms with Crippen molar-refractivity contribution in [2.24, 2.45) is 0 Å². The third-order valence-corrected chi connectivity index (χ3v) is 6.23. The molecule has 0 spiro atoms. The average molecular weight is 518 g/mol. The number of carbonyl (C=O) groups is 1. The van der Waals surface area contributed by atoms with Crippen molar-refractivity contribution < 1.29 is 9.53 Å². The van der Waals surface area contributed by atoms with Gasteiger partial charge in [0, 0.05) is 6.54 Å². The molecule has 0 unspecified atom stereocenters. The topological polar surface area (TPSA) is 69.0 Å². The van der Waals surface area contributed by atoms with E-state index < -0.39 is 0 Å². The fraction of sp³-hybridized carbons (Fsp3) is 0.150. The van der Waals surface area contributed by atoms with Crippen molar-refractivity contribution in [2.45, 2.75) is 18.3 Å². The van der Waals surface area contributed by atoms with Gasteiger partial charge in [-0.15, -0.1) is 16.8 Å². The number of thioether (sulfide) groups is 1. The van der Waals surface area contributed by atoms with Gasteiger partial charge in [0.15, 0.2) is 11.0 Å². The third kappa shape index (κ3) is 6.30. The quantitative estimate of drug-likeness (QED) is 0.202. The molecule has 0 aliphatic rings. The van der Waals surface area contributed by atoms with Gasteiger partial charge in [0.1, 0.15) is 12.4 Å². The number of hydrogen-bond donors (Lipinski definition) is 1. The minimum absolute atomic E-state index is 0.0806. The number of amides is 1. The Kier molecular flexibility index (Phi) is 8.51. The van der Waals surface area contributed by atoms with E-state index >= 15 is 0 Å². The lowest BCUT2D eigenvalue weighted by Crippen LogP contribution is -2.15. The lowest BCUT2D eigenvalue weighted by molar-refractivity contribution is -0.113. The highest BCUT2D eigenvalue weighted by molar-refractivity contribution is 7.99. The number of nitrogens with zero attached hydrogens (tertiary/aromatic N) is 3. The molecular formula is C20H16Cl4N4O2S. The molecule has 162 valence electrons. The summed E-state index contributed by atoms with van der Waals surface area (Å²) in [6.07, 6.45) is 1.71. The maximum Gasteiger partial charge on any atom is 0.234 e. The Morgan fingerprint density at radius 3 is 2.58 bits per heavy atom. The van der Waals surface area contributed by atoms with Gasteiger partial charge in [-0.3, -0.25) is 9.36 Å². The van der Waals surface area contributed by atoms with Crippen LogP contribution < -0.4 is 10.1 Å². The van der Waals surface area contributed by atoms with Gasteiger partial charge in [0.05, 0.1) is 31.5 Å². The summed E-state index contributed by atoms with van der Waals surface area (Å²) in [7, 11) is 0. The van der Waals surface area contributed by atoms with Gasteiger partial charge in [0.2, 0.25) is 5.91 Å². The molecule has 0 radical (unpaired) electrons. The number of benzene rings is 2. The van der Waals surface area contributed by atoms with Gasteiger partial charge >= 0.3 is 0 Å². The smallest absolute Gasteiger partial charge is 0.234 e.